The van der Waals surface area contributed by atoms with Crippen LogP contribution in [0.4, 0.5) is 5.69 Å². The van der Waals surface area contributed by atoms with Crippen molar-refractivity contribution in [2.24, 2.45) is 5.16 Å². The highest BCUT2D eigenvalue weighted by Crippen LogP contribution is 2.19. The van der Waals surface area contributed by atoms with E-state index in [1.54, 1.807) is 6.21 Å². The normalized spacial score (nSPS) is 15.3. The summed E-state index contributed by atoms with van der Waals surface area (Å²) in [4.78, 5) is 7.74. The van der Waals surface area contributed by atoms with Crippen LogP contribution in [0.3, 0.4) is 0 Å². The Bertz CT molecular complexity index is 577. The van der Waals surface area contributed by atoms with Crippen molar-refractivity contribution < 1.29 is 4.84 Å². The Morgan fingerprint density at radius 1 is 0.952 bits per heavy atom. The summed E-state index contributed by atoms with van der Waals surface area (Å²) < 4.78 is 0. The lowest BCUT2D eigenvalue weighted by atomic mass is 10.2. The summed E-state index contributed by atoms with van der Waals surface area (Å²) in [5.41, 5.74) is 2.33. The Hall–Kier alpha value is -1.94. The topological polar surface area (TPSA) is 24.8 Å². The fourth-order valence-corrected chi connectivity index (χ4v) is 3.13. The number of anilines is 1. The first-order chi connectivity index (χ1) is 10.4. The summed E-state index contributed by atoms with van der Waals surface area (Å²) in [6.07, 6.45) is 1.74. The number of thioether (sulfide) groups is 1. The van der Waals surface area contributed by atoms with Gasteiger partial charge in [0.15, 0.2) is 5.75 Å². The Labute approximate surface area is 129 Å². The van der Waals surface area contributed by atoms with Crippen LogP contribution in [0.5, 0.6) is 5.75 Å². The zero-order valence-corrected chi connectivity index (χ0v) is 12.6. The van der Waals surface area contributed by atoms with Gasteiger partial charge in [0, 0.05) is 30.3 Å². The fourth-order valence-electron chi connectivity index (χ4n) is 2.22. The lowest BCUT2D eigenvalue weighted by Crippen LogP contribution is -2.32. The van der Waals surface area contributed by atoms with E-state index in [9.17, 15) is 0 Å². The molecule has 0 N–H and O–H groups in total. The van der Waals surface area contributed by atoms with Gasteiger partial charge in [0.25, 0.3) is 0 Å². The molecule has 0 aromatic heterocycles. The molecule has 0 spiro atoms. The maximum atomic E-state index is 5.31. The number of hydrogen-bond donors (Lipinski definition) is 0. The van der Waals surface area contributed by atoms with E-state index in [0.717, 1.165) is 24.4 Å². The van der Waals surface area contributed by atoms with Gasteiger partial charge in [-0.1, -0.05) is 35.5 Å². The zero-order valence-electron chi connectivity index (χ0n) is 11.8. The Morgan fingerprint density at radius 2 is 1.67 bits per heavy atom. The molecule has 1 aliphatic heterocycles. The van der Waals surface area contributed by atoms with Gasteiger partial charge < -0.3 is 9.74 Å². The van der Waals surface area contributed by atoms with Crippen molar-refractivity contribution in [3.8, 4) is 5.75 Å². The molecule has 1 fully saturated rings. The van der Waals surface area contributed by atoms with Gasteiger partial charge in [0.05, 0.1) is 6.21 Å². The Kier molecular flexibility index (Phi) is 4.79. The molecule has 0 atom stereocenters. The summed E-state index contributed by atoms with van der Waals surface area (Å²) in [5.74, 6) is 3.18. The van der Waals surface area contributed by atoms with E-state index in [1.807, 2.05) is 42.1 Å². The van der Waals surface area contributed by atoms with Gasteiger partial charge in [-0.3, -0.25) is 0 Å². The van der Waals surface area contributed by atoms with E-state index >= 15 is 0 Å². The molecule has 1 aliphatic rings. The first-order valence-corrected chi connectivity index (χ1v) is 8.25. The largest absolute Gasteiger partial charge is 0.370 e. The van der Waals surface area contributed by atoms with Crippen LogP contribution in [0.2, 0.25) is 0 Å². The minimum atomic E-state index is 0.746. The lowest BCUT2D eigenvalue weighted by Gasteiger charge is -2.28. The summed E-state index contributed by atoms with van der Waals surface area (Å²) in [6, 6.07) is 18.0. The molecule has 2 aromatic carbocycles. The maximum absolute atomic E-state index is 5.31. The van der Waals surface area contributed by atoms with Gasteiger partial charge >= 0.3 is 0 Å². The second kappa shape index (κ2) is 7.18. The molecule has 1 heterocycles. The molecule has 3 nitrogen and oxygen atoms in total. The molecule has 0 bridgehead atoms. The van der Waals surface area contributed by atoms with Crippen molar-refractivity contribution in [3.63, 3.8) is 0 Å². The predicted octanol–water partition coefficient (Wildman–Crippen LogP) is 3.65. The number of para-hydroxylation sites is 1. The van der Waals surface area contributed by atoms with E-state index in [2.05, 4.69) is 34.3 Å². The summed E-state index contributed by atoms with van der Waals surface area (Å²) in [6.45, 7) is 2.27. The molecule has 4 heteroatoms. The molecule has 108 valence electrons. The standard InChI is InChI=1S/C17H18N2OS/c1-2-4-17(5-3-1)20-18-14-15-6-8-16(9-7-15)19-10-12-21-13-11-19/h1-9,14H,10-13H2. The van der Waals surface area contributed by atoms with Crippen molar-refractivity contribution in [2.45, 2.75) is 0 Å². The number of nitrogens with zero attached hydrogens (tertiary/aromatic N) is 2. The second-order valence-corrected chi connectivity index (χ2v) is 6.05. The van der Waals surface area contributed by atoms with Crippen LogP contribution >= 0.6 is 11.8 Å². The minimum absolute atomic E-state index is 0.746. The average molecular weight is 298 g/mol. The summed E-state index contributed by atoms with van der Waals surface area (Å²) >= 11 is 2.03. The summed E-state index contributed by atoms with van der Waals surface area (Å²) in [7, 11) is 0. The monoisotopic (exact) mass is 298 g/mol. The van der Waals surface area contributed by atoms with Gasteiger partial charge in [-0.25, -0.2) is 0 Å². The molecule has 3 rings (SSSR count). The van der Waals surface area contributed by atoms with Crippen LogP contribution in [0, 0.1) is 0 Å². The van der Waals surface area contributed by atoms with E-state index < -0.39 is 0 Å². The molecule has 0 aliphatic carbocycles. The second-order valence-electron chi connectivity index (χ2n) is 4.83. The van der Waals surface area contributed by atoms with Crippen molar-refractivity contribution >= 4 is 23.7 Å². The van der Waals surface area contributed by atoms with E-state index in [1.165, 1.54) is 17.2 Å². The van der Waals surface area contributed by atoms with E-state index in [-0.39, 0.29) is 0 Å². The highest BCUT2D eigenvalue weighted by Gasteiger charge is 2.10. The highest BCUT2D eigenvalue weighted by atomic mass is 32.2. The molecule has 2 aromatic rings. The van der Waals surface area contributed by atoms with Gasteiger partial charge in [-0.15, -0.1) is 0 Å². The van der Waals surface area contributed by atoms with Crippen LogP contribution < -0.4 is 9.74 Å². The minimum Gasteiger partial charge on any atom is -0.370 e. The van der Waals surface area contributed by atoms with Crippen LogP contribution in [-0.4, -0.2) is 30.8 Å². The quantitative estimate of drug-likeness (QED) is 0.636. The van der Waals surface area contributed by atoms with Crippen molar-refractivity contribution in [2.75, 3.05) is 29.5 Å². The predicted molar refractivity (Wildman–Crippen MR) is 90.6 cm³/mol. The van der Waals surface area contributed by atoms with Crippen LogP contribution in [0.15, 0.2) is 59.8 Å². The number of rotatable bonds is 4. The zero-order chi connectivity index (χ0) is 14.3. The molecule has 0 amide bonds. The number of oxime groups is 1. The van der Waals surface area contributed by atoms with Crippen LogP contribution in [-0.2, 0) is 0 Å². The average Bonchev–Trinajstić information content (AvgIpc) is 2.57. The van der Waals surface area contributed by atoms with Crippen molar-refractivity contribution in [1.29, 1.82) is 0 Å². The van der Waals surface area contributed by atoms with Crippen LogP contribution in [0.25, 0.3) is 0 Å². The number of hydrogen-bond acceptors (Lipinski definition) is 4. The van der Waals surface area contributed by atoms with Gasteiger partial charge in [0.1, 0.15) is 0 Å². The molecule has 1 saturated heterocycles. The summed E-state index contributed by atoms with van der Waals surface area (Å²) in [5, 5.41) is 4.01. The van der Waals surface area contributed by atoms with E-state index in [0.29, 0.717) is 0 Å². The number of benzene rings is 2. The molecular weight excluding hydrogens is 280 g/mol. The molecule has 0 unspecified atom stereocenters. The lowest BCUT2D eigenvalue weighted by molar-refractivity contribution is 0.344. The third kappa shape index (κ3) is 4.02. The van der Waals surface area contributed by atoms with Gasteiger partial charge in [-0.05, 0) is 29.8 Å². The van der Waals surface area contributed by atoms with Gasteiger partial charge in [0.2, 0.25) is 0 Å². The van der Waals surface area contributed by atoms with Crippen molar-refractivity contribution in [1.82, 2.24) is 0 Å². The van der Waals surface area contributed by atoms with Gasteiger partial charge in [-0.2, -0.15) is 11.8 Å². The molecule has 0 saturated carbocycles. The molecular formula is C17H18N2OS. The molecule has 0 radical (unpaired) electrons. The maximum Gasteiger partial charge on any atom is 0.157 e. The fraction of sp³-hybridized carbons (Fsp3) is 0.235. The third-order valence-electron chi connectivity index (χ3n) is 3.37. The highest BCUT2D eigenvalue weighted by molar-refractivity contribution is 7.99. The third-order valence-corrected chi connectivity index (χ3v) is 4.31. The SMILES string of the molecule is C(=NOc1ccccc1)c1ccc(N2CCSCC2)cc1. The van der Waals surface area contributed by atoms with Crippen LogP contribution in [0.1, 0.15) is 5.56 Å². The Morgan fingerprint density at radius 3 is 2.38 bits per heavy atom. The first-order valence-electron chi connectivity index (χ1n) is 7.10. The smallest absolute Gasteiger partial charge is 0.157 e. The van der Waals surface area contributed by atoms with Crippen molar-refractivity contribution in [3.05, 3.63) is 60.2 Å². The molecule has 21 heavy (non-hydrogen) atoms. The Balaban J connectivity index is 1.59. The first kappa shape index (κ1) is 14.0. The van der Waals surface area contributed by atoms with E-state index in [4.69, 9.17) is 4.84 Å².